The number of ether oxygens (including phenoxy) is 4. The number of methoxy groups -OCH3 is 2. The minimum atomic E-state index is -1.07. The highest BCUT2D eigenvalue weighted by atomic mass is 32.2. The number of fused-ring (bicyclic) bond motifs is 1. The highest BCUT2D eigenvalue weighted by Crippen LogP contribution is 2.49. The van der Waals surface area contributed by atoms with Crippen LogP contribution in [0.15, 0.2) is 10.3 Å². The van der Waals surface area contributed by atoms with Crippen molar-refractivity contribution in [3.63, 3.8) is 0 Å². The van der Waals surface area contributed by atoms with E-state index in [0.717, 1.165) is 9.80 Å². The summed E-state index contributed by atoms with van der Waals surface area (Å²) in [4.78, 5) is 0. The maximum atomic E-state index is 11.7. The molecule has 1 heterocycles. The number of hydrogen-bond acceptors (Lipinski definition) is 6. The van der Waals surface area contributed by atoms with Crippen LogP contribution in [0.25, 0.3) is 6.08 Å². The molecule has 0 radical (unpaired) electrons. The maximum Gasteiger partial charge on any atom is 0.231 e. The Morgan fingerprint density at radius 2 is 2.05 bits per heavy atom. The maximum absolute atomic E-state index is 11.7. The second kappa shape index (κ2) is 6.41. The van der Waals surface area contributed by atoms with E-state index >= 15 is 0 Å². The number of hydrogen-bond donors (Lipinski definition) is 0. The summed E-state index contributed by atoms with van der Waals surface area (Å²) in [5.74, 6) is 2.14. The molecule has 0 saturated carbocycles. The molecule has 0 bridgehead atoms. The van der Waals surface area contributed by atoms with E-state index in [1.165, 1.54) is 11.8 Å². The van der Waals surface area contributed by atoms with Crippen LogP contribution in [-0.2, 0) is 10.8 Å². The van der Waals surface area contributed by atoms with Gasteiger partial charge in [-0.1, -0.05) is 0 Å². The van der Waals surface area contributed by atoms with E-state index in [-0.39, 0.29) is 6.79 Å². The van der Waals surface area contributed by atoms with Crippen LogP contribution in [0.1, 0.15) is 5.56 Å². The lowest BCUT2D eigenvalue weighted by Crippen LogP contribution is -1.96. The van der Waals surface area contributed by atoms with Crippen molar-refractivity contribution in [2.75, 3.05) is 33.5 Å². The van der Waals surface area contributed by atoms with Crippen molar-refractivity contribution in [2.24, 2.45) is 0 Å². The molecule has 1 aromatic carbocycles. The fraction of sp³-hybridized carbons (Fsp3) is 0.385. The average Bonchev–Trinajstić information content (AvgIpc) is 2.90. The van der Waals surface area contributed by atoms with Gasteiger partial charge in [-0.05, 0) is 18.4 Å². The molecular formula is C13H16O5S2. The van der Waals surface area contributed by atoms with Crippen molar-refractivity contribution in [3.05, 3.63) is 15.9 Å². The van der Waals surface area contributed by atoms with Crippen LogP contribution in [0.5, 0.6) is 23.0 Å². The molecule has 0 fully saturated rings. The number of benzene rings is 1. The van der Waals surface area contributed by atoms with Gasteiger partial charge in [-0.15, -0.1) is 11.8 Å². The summed E-state index contributed by atoms with van der Waals surface area (Å²) in [5.41, 5.74) is 0.744. The van der Waals surface area contributed by atoms with E-state index < -0.39 is 10.8 Å². The molecule has 0 aliphatic carbocycles. The molecule has 0 aromatic heterocycles. The van der Waals surface area contributed by atoms with Crippen LogP contribution in [0.4, 0.5) is 0 Å². The van der Waals surface area contributed by atoms with Crippen molar-refractivity contribution in [3.8, 4) is 23.0 Å². The Balaban J connectivity index is 2.61. The predicted octanol–water partition coefficient (Wildman–Crippen LogP) is 2.47. The van der Waals surface area contributed by atoms with Gasteiger partial charge in [0.15, 0.2) is 11.5 Å². The SMILES string of the molecule is COc1c(/C=C(\SC)S(C)=O)cc2c(c1OC)OCO2. The Hall–Kier alpha value is -1.34. The second-order valence-electron chi connectivity index (χ2n) is 3.89. The normalized spacial score (nSPS) is 15.1. The first-order valence-corrected chi connectivity index (χ1v) is 8.54. The molecule has 110 valence electrons. The Bertz CT molecular complexity index is 568. The topological polar surface area (TPSA) is 54.0 Å². The van der Waals surface area contributed by atoms with Crippen molar-refractivity contribution in [1.29, 1.82) is 0 Å². The van der Waals surface area contributed by atoms with Gasteiger partial charge >= 0.3 is 0 Å². The molecule has 20 heavy (non-hydrogen) atoms. The molecule has 0 saturated heterocycles. The molecule has 0 spiro atoms. The van der Waals surface area contributed by atoms with Gasteiger partial charge in [0.1, 0.15) is 0 Å². The summed E-state index contributed by atoms with van der Waals surface area (Å²) in [5, 5.41) is 0. The molecule has 2 rings (SSSR count). The lowest BCUT2D eigenvalue weighted by Gasteiger charge is -2.13. The van der Waals surface area contributed by atoms with Gasteiger partial charge in [0.2, 0.25) is 18.3 Å². The molecule has 1 aliphatic heterocycles. The van der Waals surface area contributed by atoms with E-state index in [1.54, 1.807) is 26.5 Å². The van der Waals surface area contributed by atoms with Crippen molar-refractivity contribution >= 4 is 28.6 Å². The summed E-state index contributed by atoms with van der Waals surface area (Å²) in [6, 6.07) is 1.80. The van der Waals surface area contributed by atoms with Gasteiger partial charge in [0.05, 0.1) is 29.3 Å². The molecular weight excluding hydrogens is 300 g/mol. The molecule has 1 atom stereocenters. The number of rotatable bonds is 5. The fourth-order valence-electron chi connectivity index (χ4n) is 1.90. The lowest BCUT2D eigenvalue weighted by atomic mass is 10.1. The van der Waals surface area contributed by atoms with Crippen LogP contribution >= 0.6 is 11.8 Å². The van der Waals surface area contributed by atoms with E-state index in [1.807, 2.05) is 12.3 Å². The average molecular weight is 316 g/mol. The highest BCUT2D eigenvalue weighted by Gasteiger charge is 2.25. The Labute approximate surface area is 124 Å². The van der Waals surface area contributed by atoms with Crippen LogP contribution in [0.3, 0.4) is 0 Å². The van der Waals surface area contributed by atoms with Crippen LogP contribution in [0.2, 0.25) is 0 Å². The Morgan fingerprint density at radius 3 is 2.60 bits per heavy atom. The van der Waals surface area contributed by atoms with E-state index in [2.05, 4.69) is 0 Å². The monoisotopic (exact) mass is 316 g/mol. The third-order valence-corrected chi connectivity index (χ3v) is 5.18. The zero-order valence-corrected chi connectivity index (χ0v) is 13.4. The largest absolute Gasteiger partial charge is 0.492 e. The van der Waals surface area contributed by atoms with Crippen LogP contribution < -0.4 is 18.9 Å². The third kappa shape index (κ3) is 2.73. The number of thioether (sulfide) groups is 1. The molecule has 1 aliphatic rings. The fourth-order valence-corrected chi connectivity index (χ4v) is 3.38. The summed E-state index contributed by atoms with van der Waals surface area (Å²) in [6.45, 7) is 0.150. The van der Waals surface area contributed by atoms with Gasteiger partial charge in [0, 0.05) is 11.8 Å². The molecule has 7 heteroatoms. The zero-order chi connectivity index (χ0) is 14.7. The molecule has 1 aromatic rings. The standard InChI is InChI=1S/C13H16O5S2/c1-15-11-8(6-10(19-3)20(4)14)5-9-12(13(11)16-2)18-7-17-9/h5-6H,7H2,1-4H3/b10-6+. The summed E-state index contributed by atoms with van der Waals surface area (Å²) in [6.07, 6.45) is 5.33. The smallest absolute Gasteiger partial charge is 0.231 e. The zero-order valence-electron chi connectivity index (χ0n) is 11.7. The van der Waals surface area contributed by atoms with Crippen molar-refractivity contribution in [1.82, 2.24) is 0 Å². The first-order valence-electron chi connectivity index (χ1n) is 5.76. The summed E-state index contributed by atoms with van der Waals surface area (Å²) in [7, 11) is 2.03. The third-order valence-electron chi connectivity index (χ3n) is 2.77. The van der Waals surface area contributed by atoms with Crippen molar-refractivity contribution < 1.29 is 23.2 Å². The van der Waals surface area contributed by atoms with E-state index in [9.17, 15) is 4.21 Å². The quantitative estimate of drug-likeness (QED) is 0.832. The second-order valence-corrected chi connectivity index (χ2v) is 6.34. The summed E-state index contributed by atoms with van der Waals surface area (Å²) >= 11 is 1.43. The predicted molar refractivity (Wildman–Crippen MR) is 81.2 cm³/mol. The first kappa shape index (κ1) is 15.1. The van der Waals surface area contributed by atoms with E-state index in [0.29, 0.717) is 23.0 Å². The van der Waals surface area contributed by atoms with Gasteiger partial charge in [-0.3, -0.25) is 4.21 Å². The molecule has 1 unspecified atom stereocenters. The summed E-state index contributed by atoms with van der Waals surface area (Å²) < 4.78 is 33.9. The molecule has 0 N–H and O–H groups in total. The minimum absolute atomic E-state index is 0.150. The van der Waals surface area contributed by atoms with Gasteiger partial charge in [-0.2, -0.15) is 0 Å². The minimum Gasteiger partial charge on any atom is -0.492 e. The molecule has 0 amide bonds. The van der Waals surface area contributed by atoms with Crippen LogP contribution in [0, 0.1) is 0 Å². The van der Waals surface area contributed by atoms with Gasteiger partial charge in [-0.25, -0.2) is 0 Å². The van der Waals surface area contributed by atoms with Crippen molar-refractivity contribution in [2.45, 2.75) is 0 Å². The van der Waals surface area contributed by atoms with Gasteiger partial charge in [0.25, 0.3) is 0 Å². The van der Waals surface area contributed by atoms with Crippen LogP contribution in [-0.4, -0.2) is 37.7 Å². The Kier molecular flexibility index (Phi) is 4.82. The molecule has 5 nitrogen and oxygen atoms in total. The Morgan fingerprint density at radius 1 is 1.35 bits per heavy atom. The lowest BCUT2D eigenvalue weighted by molar-refractivity contribution is 0.170. The van der Waals surface area contributed by atoms with E-state index in [4.69, 9.17) is 18.9 Å². The van der Waals surface area contributed by atoms with Gasteiger partial charge < -0.3 is 18.9 Å². The highest BCUT2D eigenvalue weighted by molar-refractivity contribution is 8.16. The first-order chi connectivity index (χ1) is 9.62.